The van der Waals surface area contributed by atoms with E-state index in [9.17, 15) is 9.59 Å². The Morgan fingerprint density at radius 3 is 2.49 bits per heavy atom. The van der Waals surface area contributed by atoms with Gasteiger partial charge in [-0.15, -0.1) is 11.3 Å². The molecule has 0 N–H and O–H groups in total. The van der Waals surface area contributed by atoms with Gasteiger partial charge in [0.25, 0.3) is 0 Å². The molecule has 0 bridgehead atoms. The van der Waals surface area contributed by atoms with Gasteiger partial charge in [0, 0.05) is 36.4 Å². The molecule has 1 aliphatic rings. The smallest absolute Gasteiger partial charge is 0.345 e. The maximum Gasteiger partial charge on any atom is 0.345 e. The van der Waals surface area contributed by atoms with Crippen molar-refractivity contribution in [3.05, 3.63) is 81.5 Å². The van der Waals surface area contributed by atoms with Crippen molar-refractivity contribution < 1.29 is 19.1 Å². The number of hydrogen-bond acceptors (Lipinski definition) is 5. The van der Waals surface area contributed by atoms with Crippen molar-refractivity contribution in [1.29, 1.82) is 0 Å². The Labute approximate surface area is 236 Å². The molecule has 1 aromatic heterocycles. The van der Waals surface area contributed by atoms with Gasteiger partial charge in [0.15, 0.2) is 0 Å². The molecule has 0 aliphatic carbocycles. The molecule has 204 valence electrons. The molecule has 0 saturated heterocycles. The van der Waals surface area contributed by atoms with Crippen LogP contribution in [0.2, 0.25) is 0 Å². The highest BCUT2D eigenvalue weighted by molar-refractivity contribution is 7.10. The van der Waals surface area contributed by atoms with Gasteiger partial charge >= 0.3 is 5.97 Å². The summed E-state index contributed by atoms with van der Waals surface area (Å²) in [6, 6.07) is 17.2. The number of nitrogens with zero attached hydrogens (tertiary/aromatic N) is 1. The summed E-state index contributed by atoms with van der Waals surface area (Å²) < 4.78 is 11.2. The predicted molar refractivity (Wildman–Crippen MR) is 157 cm³/mol. The molecule has 0 unspecified atom stereocenters. The fraction of sp³-hybridized carbons (Fsp3) is 0.394. The molecule has 0 spiro atoms. The topological polar surface area (TPSA) is 55.8 Å². The summed E-state index contributed by atoms with van der Waals surface area (Å²) in [5, 5.41) is 1.97. The molecule has 2 heterocycles. The lowest BCUT2D eigenvalue weighted by atomic mass is 10.1. The van der Waals surface area contributed by atoms with E-state index in [2.05, 4.69) is 18.8 Å². The van der Waals surface area contributed by atoms with Gasteiger partial charge in [0.05, 0.1) is 13.0 Å². The number of ether oxygens (including phenoxy) is 2. The van der Waals surface area contributed by atoms with E-state index in [0.29, 0.717) is 23.5 Å². The van der Waals surface area contributed by atoms with Crippen molar-refractivity contribution in [1.82, 2.24) is 0 Å². The quantitative estimate of drug-likeness (QED) is 0.140. The van der Waals surface area contributed by atoms with Gasteiger partial charge in [-0.25, -0.2) is 4.79 Å². The molecule has 0 radical (unpaired) electrons. The maximum absolute atomic E-state index is 13.5. The number of esters is 1. The van der Waals surface area contributed by atoms with E-state index in [1.807, 2.05) is 47.8 Å². The molecule has 39 heavy (non-hydrogen) atoms. The number of carbonyl (C=O) groups excluding carboxylic acids is 2. The number of cyclic esters (lactones) is 1. The minimum atomic E-state index is -1.03. The highest BCUT2D eigenvalue weighted by Gasteiger charge is 2.34. The van der Waals surface area contributed by atoms with Crippen LogP contribution in [0, 0.1) is 11.8 Å². The molecule has 4 rings (SSSR count). The zero-order valence-corrected chi connectivity index (χ0v) is 23.9. The van der Waals surface area contributed by atoms with Crippen molar-refractivity contribution in [2.75, 3.05) is 4.90 Å². The molecule has 3 aromatic rings. The van der Waals surface area contributed by atoms with Crippen molar-refractivity contribution in [2.24, 2.45) is 0 Å². The number of unbranched alkanes of at least 4 members (excludes halogenated alkanes) is 6. The fourth-order valence-corrected chi connectivity index (χ4v) is 5.21. The predicted octanol–water partition coefficient (Wildman–Crippen LogP) is 7.91. The average molecular weight is 544 g/mol. The molecule has 1 aliphatic heterocycles. The second kappa shape index (κ2) is 13.5. The standard InChI is InChI=1S/C33H37NO4S/c1-4-5-6-7-8-9-10-11-13-25-15-17-26(18-16-25)24-34(31(35)23-28-14-12-21-39-28)27-19-20-30-29(22-27)32(36)38-33(2,3)37-30/h12,14-22H,4-10,23-24H2,1-3H3. The summed E-state index contributed by atoms with van der Waals surface area (Å²) in [4.78, 5) is 28.9. The number of anilines is 1. The molecular formula is C33H37NO4S. The van der Waals surface area contributed by atoms with E-state index in [1.54, 1.807) is 42.2 Å². The summed E-state index contributed by atoms with van der Waals surface area (Å²) in [5.41, 5.74) is 2.89. The first kappa shape index (κ1) is 28.4. The highest BCUT2D eigenvalue weighted by atomic mass is 32.1. The Hall–Kier alpha value is -3.56. The monoisotopic (exact) mass is 543 g/mol. The Morgan fingerprint density at radius 2 is 1.74 bits per heavy atom. The normalized spacial score (nSPS) is 13.5. The minimum Gasteiger partial charge on any atom is -0.452 e. The fourth-order valence-electron chi connectivity index (χ4n) is 4.51. The molecule has 2 aromatic carbocycles. The van der Waals surface area contributed by atoms with Gasteiger partial charge in [-0.2, -0.15) is 0 Å². The number of carbonyl (C=O) groups is 2. The van der Waals surface area contributed by atoms with Crippen LogP contribution in [-0.4, -0.2) is 17.7 Å². The number of hydrogen-bond donors (Lipinski definition) is 0. The van der Waals surface area contributed by atoms with Crippen molar-refractivity contribution in [3.8, 4) is 17.6 Å². The lowest BCUT2D eigenvalue weighted by Crippen LogP contribution is -2.39. The van der Waals surface area contributed by atoms with Gasteiger partial charge < -0.3 is 14.4 Å². The summed E-state index contributed by atoms with van der Waals surface area (Å²) in [6.45, 7) is 6.00. The van der Waals surface area contributed by atoms with Crippen molar-refractivity contribution >= 4 is 28.9 Å². The van der Waals surface area contributed by atoms with E-state index >= 15 is 0 Å². The molecule has 0 fully saturated rings. The van der Waals surface area contributed by atoms with E-state index in [0.717, 1.165) is 28.8 Å². The minimum absolute atomic E-state index is 0.0503. The van der Waals surface area contributed by atoms with Crippen LogP contribution in [0.5, 0.6) is 5.75 Å². The van der Waals surface area contributed by atoms with E-state index in [4.69, 9.17) is 9.47 Å². The van der Waals surface area contributed by atoms with Gasteiger partial charge in [-0.1, -0.05) is 69.1 Å². The third kappa shape index (κ3) is 8.21. The van der Waals surface area contributed by atoms with E-state index in [1.165, 1.54) is 32.1 Å². The number of fused-ring (bicyclic) bond motifs is 1. The molecular weight excluding hydrogens is 506 g/mol. The third-order valence-corrected chi connectivity index (χ3v) is 7.45. The summed E-state index contributed by atoms with van der Waals surface area (Å²) in [7, 11) is 0. The Morgan fingerprint density at radius 1 is 0.974 bits per heavy atom. The van der Waals surface area contributed by atoms with Gasteiger partial charge in [0.1, 0.15) is 11.3 Å². The first-order chi connectivity index (χ1) is 18.8. The van der Waals surface area contributed by atoms with Crippen LogP contribution in [0.25, 0.3) is 0 Å². The van der Waals surface area contributed by atoms with Crippen molar-refractivity contribution in [2.45, 2.75) is 84.5 Å². The zero-order chi connectivity index (χ0) is 27.7. The summed E-state index contributed by atoms with van der Waals surface area (Å²) in [5.74, 6) is 5.47. The Bertz CT molecular complexity index is 1320. The van der Waals surface area contributed by atoms with Crippen LogP contribution in [0.15, 0.2) is 60.0 Å². The second-order valence-corrected chi connectivity index (χ2v) is 11.4. The molecule has 5 nitrogen and oxygen atoms in total. The average Bonchev–Trinajstić information content (AvgIpc) is 3.42. The highest BCUT2D eigenvalue weighted by Crippen LogP contribution is 2.34. The van der Waals surface area contributed by atoms with Crippen LogP contribution >= 0.6 is 11.3 Å². The van der Waals surface area contributed by atoms with Gasteiger partial charge in [-0.3, -0.25) is 4.79 Å². The third-order valence-electron chi connectivity index (χ3n) is 6.58. The second-order valence-electron chi connectivity index (χ2n) is 10.3. The van der Waals surface area contributed by atoms with Crippen LogP contribution < -0.4 is 9.64 Å². The number of benzene rings is 2. The molecule has 1 amide bonds. The van der Waals surface area contributed by atoms with E-state index in [-0.39, 0.29) is 12.3 Å². The molecule has 0 saturated carbocycles. The zero-order valence-electron chi connectivity index (χ0n) is 23.1. The van der Waals surface area contributed by atoms with Crippen LogP contribution in [-0.2, 0) is 22.5 Å². The maximum atomic E-state index is 13.5. The van der Waals surface area contributed by atoms with Gasteiger partial charge in [0.2, 0.25) is 11.7 Å². The van der Waals surface area contributed by atoms with Crippen LogP contribution in [0.4, 0.5) is 5.69 Å². The lowest BCUT2D eigenvalue weighted by Gasteiger charge is -2.32. The largest absolute Gasteiger partial charge is 0.452 e. The first-order valence-corrected chi connectivity index (χ1v) is 14.7. The number of thiophene rings is 1. The van der Waals surface area contributed by atoms with Crippen LogP contribution in [0.3, 0.4) is 0 Å². The SMILES string of the molecule is CCCCCCCCC#Cc1ccc(CN(C(=O)Cc2cccs2)c2ccc3c(c2)C(=O)OC(C)(C)O3)cc1. The Balaban J connectivity index is 1.47. The number of rotatable bonds is 11. The number of amides is 1. The van der Waals surface area contributed by atoms with E-state index < -0.39 is 11.8 Å². The molecule has 6 heteroatoms. The van der Waals surface area contributed by atoms with Gasteiger partial charge in [-0.05, 0) is 53.8 Å². The Kier molecular flexibility index (Phi) is 9.84. The molecule has 0 atom stereocenters. The van der Waals surface area contributed by atoms with Crippen LogP contribution in [0.1, 0.15) is 92.1 Å². The summed E-state index contributed by atoms with van der Waals surface area (Å²) >= 11 is 1.55. The lowest BCUT2D eigenvalue weighted by molar-refractivity contribution is -0.127. The summed E-state index contributed by atoms with van der Waals surface area (Å²) in [6.07, 6.45) is 8.79. The van der Waals surface area contributed by atoms with Crippen molar-refractivity contribution in [3.63, 3.8) is 0 Å². The first-order valence-electron chi connectivity index (χ1n) is 13.8.